The first-order valence-corrected chi connectivity index (χ1v) is 10.4. The summed E-state index contributed by atoms with van der Waals surface area (Å²) in [4.78, 5) is 6.73. The Bertz CT molecular complexity index is 899. The molecule has 1 aliphatic rings. The van der Waals surface area contributed by atoms with Gasteiger partial charge in [0.1, 0.15) is 5.82 Å². The Labute approximate surface area is 168 Å². The van der Waals surface area contributed by atoms with E-state index in [4.69, 9.17) is 5.10 Å². The smallest absolute Gasteiger partial charge is 0.122 e. The lowest BCUT2D eigenvalue weighted by Crippen LogP contribution is -2.19. The van der Waals surface area contributed by atoms with Crippen LogP contribution in [0.15, 0.2) is 42.9 Å². The molecule has 5 nitrogen and oxygen atoms in total. The highest BCUT2D eigenvalue weighted by Crippen LogP contribution is 2.34. The average molecular weight is 378 g/mol. The van der Waals surface area contributed by atoms with E-state index < -0.39 is 0 Å². The van der Waals surface area contributed by atoms with Gasteiger partial charge in [0, 0.05) is 50.4 Å². The lowest BCUT2D eigenvalue weighted by atomic mass is 9.84. The SMILES string of the molecule is CN(Cc1cn(C)nc1-c1ccc(C2CCCCC2)cc1)Cc1nccn1C. The Morgan fingerprint density at radius 3 is 2.46 bits per heavy atom. The first-order valence-electron chi connectivity index (χ1n) is 10.4. The lowest BCUT2D eigenvalue weighted by Gasteiger charge is -2.22. The van der Waals surface area contributed by atoms with Crippen molar-refractivity contribution in [3.05, 3.63) is 59.8 Å². The molecule has 1 fully saturated rings. The highest BCUT2D eigenvalue weighted by Gasteiger charge is 2.17. The number of rotatable bonds is 6. The highest BCUT2D eigenvalue weighted by molar-refractivity contribution is 5.63. The van der Waals surface area contributed by atoms with Crippen molar-refractivity contribution in [2.45, 2.75) is 51.1 Å². The number of hydrogen-bond acceptors (Lipinski definition) is 3. The molecule has 0 amide bonds. The van der Waals surface area contributed by atoms with Crippen molar-refractivity contribution >= 4 is 0 Å². The van der Waals surface area contributed by atoms with E-state index in [0.29, 0.717) is 0 Å². The van der Waals surface area contributed by atoms with Crippen molar-refractivity contribution in [3.8, 4) is 11.3 Å². The molecule has 4 rings (SSSR count). The van der Waals surface area contributed by atoms with Crippen LogP contribution < -0.4 is 0 Å². The number of aryl methyl sites for hydroxylation is 2. The summed E-state index contributed by atoms with van der Waals surface area (Å²) >= 11 is 0. The van der Waals surface area contributed by atoms with Gasteiger partial charge in [-0.1, -0.05) is 43.5 Å². The van der Waals surface area contributed by atoms with Gasteiger partial charge in [0.15, 0.2) is 0 Å². The summed E-state index contributed by atoms with van der Waals surface area (Å²) in [6.07, 6.45) is 12.8. The maximum Gasteiger partial charge on any atom is 0.122 e. The number of hydrogen-bond donors (Lipinski definition) is 0. The molecule has 3 aromatic rings. The fourth-order valence-electron chi connectivity index (χ4n) is 4.38. The molecule has 148 valence electrons. The largest absolute Gasteiger partial charge is 0.337 e. The van der Waals surface area contributed by atoms with Crippen molar-refractivity contribution in [2.24, 2.45) is 14.1 Å². The zero-order valence-corrected chi connectivity index (χ0v) is 17.3. The maximum atomic E-state index is 4.76. The van der Waals surface area contributed by atoms with Gasteiger partial charge in [0.05, 0.1) is 12.2 Å². The number of aromatic nitrogens is 4. The topological polar surface area (TPSA) is 38.9 Å². The van der Waals surface area contributed by atoms with Gasteiger partial charge in [-0.3, -0.25) is 9.58 Å². The monoisotopic (exact) mass is 377 g/mol. The summed E-state index contributed by atoms with van der Waals surface area (Å²) in [5, 5.41) is 4.76. The van der Waals surface area contributed by atoms with Crippen LogP contribution in [-0.4, -0.2) is 31.3 Å². The molecule has 0 saturated heterocycles. The molecule has 0 atom stereocenters. The fourth-order valence-corrected chi connectivity index (χ4v) is 4.38. The van der Waals surface area contributed by atoms with Gasteiger partial charge in [-0.05, 0) is 31.4 Å². The lowest BCUT2D eigenvalue weighted by molar-refractivity contribution is 0.307. The minimum atomic E-state index is 0.745. The third-order valence-electron chi connectivity index (χ3n) is 5.94. The molecule has 1 aromatic carbocycles. The summed E-state index contributed by atoms with van der Waals surface area (Å²) in [6.45, 7) is 1.67. The van der Waals surface area contributed by atoms with Gasteiger partial charge in [-0.15, -0.1) is 0 Å². The maximum absolute atomic E-state index is 4.76. The molecule has 0 spiro atoms. The molecule has 5 heteroatoms. The third kappa shape index (κ3) is 4.20. The van der Waals surface area contributed by atoms with Crippen molar-refractivity contribution in [3.63, 3.8) is 0 Å². The van der Waals surface area contributed by atoms with Gasteiger partial charge in [-0.2, -0.15) is 5.10 Å². The van der Waals surface area contributed by atoms with Crippen LogP contribution >= 0.6 is 0 Å². The van der Waals surface area contributed by atoms with E-state index in [9.17, 15) is 0 Å². The van der Waals surface area contributed by atoms with E-state index in [0.717, 1.165) is 30.5 Å². The molecule has 2 aromatic heterocycles. The number of nitrogens with zero attached hydrogens (tertiary/aromatic N) is 5. The predicted octanol–water partition coefficient (Wildman–Crippen LogP) is 4.50. The first-order chi connectivity index (χ1) is 13.6. The van der Waals surface area contributed by atoms with Gasteiger partial charge in [0.25, 0.3) is 0 Å². The van der Waals surface area contributed by atoms with Crippen LogP contribution in [-0.2, 0) is 27.2 Å². The molecule has 28 heavy (non-hydrogen) atoms. The predicted molar refractivity (Wildman–Crippen MR) is 113 cm³/mol. The molecular formula is C23H31N5. The Hall–Kier alpha value is -2.40. The van der Waals surface area contributed by atoms with E-state index in [1.165, 1.54) is 48.8 Å². The van der Waals surface area contributed by atoms with E-state index in [-0.39, 0.29) is 0 Å². The van der Waals surface area contributed by atoms with E-state index in [1.807, 2.05) is 31.2 Å². The Morgan fingerprint density at radius 1 is 1.04 bits per heavy atom. The normalized spacial score (nSPS) is 15.4. The van der Waals surface area contributed by atoms with E-state index in [1.54, 1.807) is 0 Å². The van der Waals surface area contributed by atoms with Crippen molar-refractivity contribution in [2.75, 3.05) is 7.05 Å². The Morgan fingerprint density at radius 2 is 1.79 bits per heavy atom. The quantitative estimate of drug-likeness (QED) is 0.635. The summed E-state index contributed by atoms with van der Waals surface area (Å²) in [6, 6.07) is 9.16. The minimum Gasteiger partial charge on any atom is -0.337 e. The number of imidazole rings is 1. The standard InChI is InChI=1S/C23H31N5/c1-26(17-22-24-13-14-27(22)2)15-21-16-28(3)25-23(21)20-11-9-19(10-12-20)18-7-5-4-6-8-18/h9-14,16,18H,4-8,15,17H2,1-3H3. The molecule has 2 heterocycles. The molecule has 1 saturated carbocycles. The second kappa shape index (κ2) is 8.31. The van der Waals surface area contributed by atoms with Crippen LogP contribution in [0.5, 0.6) is 0 Å². The summed E-state index contributed by atoms with van der Waals surface area (Å²) in [7, 11) is 6.18. The van der Waals surface area contributed by atoms with Crippen molar-refractivity contribution in [1.29, 1.82) is 0 Å². The highest BCUT2D eigenvalue weighted by atomic mass is 15.3. The van der Waals surface area contributed by atoms with Crippen LogP contribution in [0.3, 0.4) is 0 Å². The Kier molecular flexibility index (Phi) is 5.62. The van der Waals surface area contributed by atoms with Crippen LogP contribution in [0.25, 0.3) is 11.3 Å². The average Bonchev–Trinajstić information content (AvgIpc) is 3.27. The molecular weight excluding hydrogens is 346 g/mol. The van der Waals surface area contributed by atoms with Crippen LogP contribution in [0.4, 0.5) is 0 Å². The number of benzene rings is 1. The van der Waals surface area contributed by atoms with Gasteiger partial charge >= 0.3 is 0 Å². The molecule has 0 unspecified atom stereocenters. The van der Waals surface area contributed by atoms with Crippen LogP contribution in [0.1, 0.15) is 55.0 Å². The molecule has 0 aliphatic heterocycles. The van der Waals surface area contributed by atoms with Gasteiger partial charge in [-0.25, -0.2) is 4.98 Å². The van der Waals surface area contributed by atoms with Gasteiger partial charge < -0.3 is 4.57 Å². The molecule has 0 N–H and O–H groups in total. The second-order valence-electron chi connectivity index (χ2n) is 8.26. The zero-order chi connectivity index (χ0) is 19.5. The van der Waals surface area contributed by atoms with Crippen LogP contribution in [0.2, 0.25) is 0 Å². The zero-order valence-electron chi connectivity index (χ0n) is 17.3. The van der Waals surface area contributed by atoms with Gasteiger partial charge in [0.2, 0.25) is 0 Å². The first kappa shape index (κ1) is 18.9. The van der Waals surface area contributed by atoms with Crippen LogP contribution in [0, 0.1) is 0 Å². The molecule has 1 aliphatic carbocycles. The fraction of sp³-hybridized carbons (Fsp3) is 0.478. The second-order valence-corrected chi connectivity index (χ2v) is 8.26. The summed E-state index contributed by atoms with van der Waals surface area (Å²) in [5.74, 6) is 1.82. The van der Waals surface area contributed by atoms with Crippen molar-refractivity contribution in [1.82, 2.24) is 24.2 Å². The molecule has 0 radical (unpaired) electrons. The summed E-state index contributed by atoms with van der Waals surface area (Å²) in [5.41, 5.74) is 5.04. The summed E-state index contributed by atoms with van der Waals surface area (Å²) < 4.78 is 4.00. The Balaban J connectivity index is 1.50. The van der Waals surface area contributed by atoms with E-state index >= 15 is 0 Å². The molecule has 0 bridgehead atoms. The third-order valence-corrected chi connectivity index (χ3v) is 5.94. The van der Waals surface area contributed by atoms with Crippen molar-refractivity contribution < 1.29 is 0 Å². The minimum absolute atomic E-state index is 0.745. The van der Waals surface area contributed by atoms with E-state index in [2.05, 4.69) is 52.0 Å².